The number of fused-ring (bicyclic) bond motifs is 2. The summed E-state index contributed by atoms with van der Waals surface area (Å²) in [5.41, 5.74) is 1.83. The molecule has 3 N–H and O–H groups in total. The van der Waals surface area contributed by atoms with Crippen LogP contribution in [0.1, 0.15) is 62.7 Å². The van der Waals surface area contributed by atoms with Crippen LogP contribution in [0.5, 0.6) is 5.75 Å². The highest BCUT2D eigenvalue weighted by Gasteiger charge is 2.37. The number of hydrogen-bond acceptors (Lipinski definition) is 8. The fraction of sp³-hybridized carbons (Fsp3) is 0.212. The number of nitrogens with one attached hydrogen (secondary N) is 2. The number of hydrogen-bond donors (Lipinski definition) is 3. The Bertz CT molecular complexity index is 1850. The first-order valence-electron chi connectivity index (χ1n) is 14.1. The van der Waals surface area contributed by atoms with Crippen molar-refractivity contribution >= 4 is 63.5 Å². The smallest absolute Gasteiger partial charge is 0.233 e. The van der Waals surface area contributed by atoms with E-state index in [2.05, 4.69) is 32.6 Å². The zero-order valence-corrected chi connectivity index (χ0v) is 25.6. The van der Waals surface area contributed by atoms with Crippen molar-refractivity contribution in [2.45, 2.75) is 33.1 Å². The number of ketones is 2. The molecule has 1 aliphatic carbocycles. The number of aromatic hydroxyl groups is 1. The highest BCUT2D eigenvalue weighted by atomic mass is 35.5. The average Bonchev–Trinajstić information content (AvgIpc) is 3.01. The maximum absolute atomic E-state index is 13.7. The number of pyridine rings is 1. The Morgan fingerprint density at radius 3 is 2.34 bits per heavy atom. The van der Waals surface area contributed by atoms with Crippen LogP contribution in [0, 0.1) is 13.5 Å². The quantitative estimate of drug-likeness (QED) is 0.0808. The fourth-order valence-electron chi connectivity index (χ4n) is 5.02. The standard InChI is InChI=1S/C33H28Cl2N6O3/c1-4-5-15-37-33-28(18(2)27(36-3)32(39-33)38-16-14-19-10-7-6-8-11-19)40-41-29-22(35)17-21(34)25-26(29)31(44)24-20(30(25)43)12-9-13-23(24)42/h6-13,17,42H,4-5,14-16H2,1-2H3,(H2,37,38,39). The van der Waals surface area contributed by atoms with Crippen LogP contribution in [0.25, 0.3) is 4.85 Å². The molecule has 9 nitrogen and oxygen atoms in total. The number of rotatable bonds is 10. The molecule has 0 atom stereocenters. The molecular formula is C33H28Cl2N6O3. The SMILES string of the molecule is [C-]#[N+]c1c(NCCc2ccccc2)nc(NCCCC)c(N=Nc2c(Cl)cc(Cl)c3c2C(=O)c2c(O)cccc2C3=O)c1C. The largest absolute Gasteiger partial charge is 0.507 e. The lowest BCUT2D eigenvalue weighted by Gasteiger charge is -2.21. The van der Waals surface area contributed by atoms with Gasteiger partial charge in [-0.3, -0.25) is 9.59 Å². The molecule has 0 amide bonds. The number of carbonyl (C=O) groups excluding carboxylic acids is 2. The van der Waals surface area contributed by atoms with Crippen molar-refractivity contribution in [3.63, 3.8) is 0 Å². The van der Waals surface area contributed by atoms with Gasteiger partial charge in [-0.25, -0.2) is 9.83 Å². The number of benzene rings is 3. The van der Waals surface area contributed by atoms with Gasteiger partial charge in [0.2, 0.25) is 11.5 Å². The van der Waals surface area contributed by atoms with E-state index < -0.39 is 11.6 Å². The molecule has 11 heteroatoms. The first-order chi connectivity index (χ1) is 21.3. The Labute approximate surface area is 264 Å². The number of phenols is 1. The number of carbonyl (C=O) groups is 2. The summed E-state index contributed by atoms with van der Waals surface area (Å²) in [5.74, 6) is -0.712. The third-order valence-electron chi connectivity index (χ3n) is 7.29. The van der Waals surface area contributed by atoms with Crippen molar-refractivity contribution in [1.82, 2.24) is 4.98 Å². The van der Waals surface area contributed by atoms with Crippen LogP contribution in [-0.2, 0) is 6.42 Å². The summed E-state index contributed by atoms with van der Waals surface area (Å²) in [6.07, 6.45) is 2.56. The average molecular weight is 628 g/mol. The number of phenolic OH excluding ortho intramolecular Hbond substituents is 1. The fourth-order valence-corrected chi connectivity index (χ4v) is 5.61. The monoisotopic (exact) mass is 626 g/mol. The highest BCUT2D eigenvalue weighted by molar-refractivity contribution is 6.43. The molecule has 0 spiro atoms. The molecule has 0 unspecified atom stereocenters. The van der Waals surface area contributed by atoms with E-state index in [1.807, 2.05) is 30.3 Å². The third-order valence-corrected chi connectivity index (χ3v) is 7.88. The van der Waals surface area contributed by atoms with E-state index in [0.29, 0.717) is 36.0 Å². The molecule has 0 aliphatic heterocycles. The zero-order chi connectivity index (χ0) is 31.4. The maximum Gasteiger partial charge on any atom is 0.233 e. The normalized spacial score (nSPS) is 12.2. The van der Waals surface area contributed by atoms with Crippen molar-refractivity contribution < 1.29 is 14.7 Å². The Morgan fingerprint density at radius 1 is 0.886 bits per heavy atom. The van der Waals surface area contributed by atoms with Gasteiger partial charge in [0, 0.05) is 18.7 Å². The number of anilines is 2. The van der Waals surface area contributed by atoms with Crippen LogP contribution < -0.4 is 10.6 Å². The summed E-state index contributed by atoms with van der Waals surface area (Å²) < 4.78 is 0. The molecule has 44 heavy (non-hydrogen) atoms. The van der Waals surface area contributed by atoms with E-state index in [1.54, 1.807) is 6.92 Å². The van der Waals surface area contributed by atoms with Crippen LogP contribution in [0.15, 0.2) is 64.8 Å². The van der Waals surface area contributed by atoms with Gasteiger partial charge >= 0.3 is 0 Å². The van der Waals surface area contributed by atoms with E-state index in [4.69, 9.17) is 34.8 Å². The van der Waals surface area contributed by atoms with Gasteiger partial charge in [-0.15, -0.1) is 10.2 Å². The number of unbranched alkanes of at least 4 members (excludes halogenated alkanes) is 1. The maximum atomic E-state index is 13.7. The van der Waals surface area contributed by atoms with Crippen molar-refractivity contribution in [3.8, 4) is 5.75 Å². The van der Waals surface area contributed by atoms with Gasteiger partial charge in [-0.05, 0) is 43.0 Å². The van der Waals surface area contributed by atoms with E-state index in [1.165, 1.54) is 24.3 Å². The summed E-state index contributed by atoms with van der Waals surface area (Å²) in [7, 11) is 0. The van der Waals surface area contributed by atoms with Gasteiger partial charge in [0.1, 0.15) is 22.9 Å². The van der Waals surface area contributed by atoms with Crippen molar-refractivity contribution in [1.29, 1.82) is 0 Å². The molecule has 1 aliphatic rings. The molecule has 0 bridgehead atoms. The van der Waals surface area contributed by atoms with Crippen LogP contribution in [0.2, 0.25) is 10.0 Å². The number of nitrogens with zero attached hydrogens (tertiary/aromatic N) is 4. The number of azo groups is 1. The minimum atomic E-state index is -0.651. The Kier molecular flexibility index (Phi) is 9.23. The molecule has 0 saturated heterocycles. The van der Waals surface area contributed by atoms with Crippen LogP contribution >= 0.6 is 23.2 Å². The Balaban J connectivity index is 1.58. The molecule has 1 heterocycles. The van der Waals surface area contributed by atoms with Gasteiger partial charge in [0.15, 0.2) is 11.6 Å². The molecule has 1 aromatic heterocycles. The lowest BCUT2D eigenvalue weighted by molar-refractivity contribution is 0.0977. The minimum absolute atomic E-state index is 0.00627. The van der Waals surface area contributed by atoms with Gasteiger partial charge in [0.05, 0.1) is 33.3 Å². The summed E-state index contributed by atoms with van der Waals surface area (Å²) in [4.78, 5) is 35.5. The second-order valence-electron chi connectivity index (χ2n) is 10.2. The second-order valence-corrected chi connectivity index (χ2v) is 11.0. The molecule has 0 fully saturated rings. The molecule has 0 radical (unpaired) electrons. The van der Waals surface area contributed by atoms with E-state index in [-0.39, 0.29) is 49.4 Å². The van der Waals surface area contributed by atoms with Gasteiger partial charge in [-0.2, -0.15) is 0 Å². The van der Waals surface area contributed by atoms with Crippen molar-refractivity contribution in [2.75, 3.05) is 23.7 Å². The lowest BCUT2D eigenvalue weighted by Crippen LogP contribution is -2.21. The van der Waals surface area contributed by atoms with E-state index in [0.717, 1.165) is 24.8 Å². The zero-order valence-electron chi connectivity index (χ0n) is 24.0. The first-order valence-corrected chi connectivity index (χ1v) is 14.8. The molecular weight excluding hydrogens is 599 g/mol. The van der Waals surface area contributed by atoms with E-state index in [9.17, 15) is 14.7 Å². The van der Waals surface area contributed by atoms with Gasteiger partial charge in [0.25, 0.3) is 0 Å². The van der Waals surface area contributed by atoms with E-state index >= 15 is 0 Å². The molecule has 5 rings (SSSR count). The molecule has 3 aromatic carbocycles. The molecule has 4 aromatic rings. The van der Waals surface area contributed by atoms with Crippen LogP contribution in [0.3, 0.4) is 0 Å². The topological polar surface area (TPSA) is 120 Å². The lowest BCUT2D eigenvalue weighted by atomic mass is 9.82. The number of halogens is 2. The van der Waals surface area contributed by atoms with Crippen LogP contribution in [0.4, 0.5) is 28.7 Å². The third kappa shape index (κ3) is 5.87. The Morgan fingerprint density at radius 2 is 1.61 bits per heavy atom. The molecule has 222 valence electrons. The molecule has 0 saturated carbocycles. The van der Waals surface area contributed by atoms with Crippen molar-refractivity contribution in [3.05, 3.63) is 109 Å². The predicted molar refractivity (Wildman–Crippen MR) is 173 cm³/mol. The predicted octanol–water partition coefficient (Wildman–Crippen LogP) is 9.01. The summed E-state index contributed by atoms with van der Waals surface area (Å²) >= 11 is 12.9. The summed E-state index contributed by atoms with van der Waals surface area (Å²) in [6.45, 7) is 12.9. The summed E-state index contributed by atoms with van der Waals surface area (Å²) in [5, 5.41) is 25.8. The minimum Gasteiger partial charge on any atom is -0.507 e. The highest BCUT2D eigenvalue weighted by Crippen LogP contribution is 2.45. The van der Waals surface area contributed by atoms with Crippen LogP contribution in [-0.4, -0.2) is 34.7 Å². The van der Waals surface area contributed by atoms with Gasteiger partial charge < -0.3 is 15.7 Å². The van der Waals surface area contributed by atoms with Crippen molar-refractivity contribution in [2.24, 2.45) is 10.2 Å². The Hall–Kier alpha value is -4.78. The first kappa shape index (κ1) is 30.7. The number of aromatic nitrogens is 1. The summed E-state index contributed by atoms with van der Waals surface area (Å²) in [6, 6.07) is 15.6. The van der Waals surface area contributed by atoms with Gasteiger partial charge in [-0.1, -0.05) is 79.0 Å². The second kappa shape index (κ2) is 13.2.